The molecule has 3 aromatic rings. The fourth-order valence-corrected chi connectivity index (χ4v) is 4.60. The molecular formula is C28H28N4O4. The third-order valence-corrected chi connectivity index (χ3v) is 6.28. The number of nitrogens with zero attached hydrogens (tertiary/aromatic N) is 2. The lowest BCUT2D eigenvalue weighted by Crippen LogP contribution is -2.61. The van der Waals surface area contributed by atoms with Crippen molar-refractivity contribution < 1.29 is 19.1 Å². The molecule has 2 atom stereocenters. The number of rotatable bonds is 8. The standard InChI is InChI=1S/C28H28N4O4/c1-3-36-26(34)25-24(21-10-6-4-7-11-21)28(27(35)30-29,32(31-25)22-12-8-5-9-13-22)18-23(33)20-16-14-19(2)15-17-20/h4-17,24H,3,18,29H2,1-2H3,(H,30,35). The minimum Gasteiger partial charge on any atom is -0.461 e. The number of carbonyl (C=O) groups excluding carboxylic acids is 3. The lowest BCUT2D eigenvalue weighted by atomic mass is 9.72. The summed E-state index contributed by atoms with van der Waals surface area (Å²) < 4.78 is 5.33. The third-order valence-electron chi connectivity index (χ3n) is 6.28. The van der Waals surface area contributed by atoms with Crippen LogP contribution in [0.3, 0.4) is 0 Å². The van der Waals surface area contributed by atoms with E-state index < -0.39 is 23.3 Å². The van der Waals surface area contributed by atoms with Gasteiger partial charge < -0.3 is 4.74 Å². The molecule has 36 heavy (non-hydrogen) atoms. The number of aryl methyl sites for hydroxylation is 1. The summed E-state index contributed by atoms with van der Waals surface area (Å²) in [5.41, 5.74) is 3.18. The Morgan fingerprint density at radius 3 is 2.17 bits per heavy atom. The second kappa shape index (κ2) is 10.5. The van der Waals surface area contributed by atoms with Gasteiger partial charge in [-0.05, 0) is 31.5 Å². The van der Waals surface area contributed by atoms with Gasteiger partial charge in [-0.25, -0.2) is 15.6 Å². The molecule has 1 amide bonds. The SMILES string of the molecule is CCOC(=O)C1=NN(c2ccccc2)C(CC(=O)c2ccc(C)cc2)(C(=O)NN)C1c1ccccc1. The number of hydrogen-bond donors (Lipinski definition) is 2. The maximum Gasteiger partial charge on any atom is 0.355 e. The quantitative estimate of drug-likeness (QED) is 0.166. The summed E-state index contributed by atoms with van der Waals surface area (Å²) in [5, 5.41) is 6.06. The number of Topliss-reactive ketones (excluding diaryl/α,β-unsaturated/α-hetero) is 1. The van der Waals surface area contributed by atoms with Gasteiger partial charge in [-0.15, -0.1) is 0 Å². The molecule has 8 nitrogen and oxygen atoms in total. The summed E-state index contributed by atoms with van der Waals surface area (Å²) in [6.07, 6.45) is -0.292. The van der Waals surface area contributed by atoms with E-state index in [1.807, 2.05) is 31.2 Å². The fourth-order valence-electron chi connectivity index (χ4n) is 4.60. The van der Waals surface area contributed by atoms with E-state index in [-0.39, 0.29) is 24.5 Å². The minimum absolute atomic E-state index is 0.0206. The van der Waals surface area contributed by atoms with Crippen LogP contribution >= 0.6 is 0 Å². The van der Waals surface area contributed by atoms with E-state index in [1.165, 1.54) is 5.01 Å². The van der Waals surface area contributed by atoms with Crippen molar-refractivity contribution in [2.45, 2.75) is 31.7 Å². The van der Waals surface area contributed by atoms with Gasteiger partial charge in [0.05, 0.1) is 18.2 Å². The first kappa shape index (κ1) is 24.8. The Kier molecular flexibility index (Phi) is 7.26. The third kappa shape index (κ3) is 4.50. The first-order valence-corrected chi connectivity index (χ1v) is 11.7. The summed E-state index contributed by atoms with van der Waals surface area (Å²) in [7, 11) is 0. The van der Waals surface area contributed by atoms with Crippen LogP contribution < -0.4 is 16.3 Å². The average molecular weight is 485 g/mol. The number of carbonyl (C=O) groups is 3. The molecule has 0 aliphatic carbocycles. The van der Waals surface area contributed by atoms with Crippen LogP contribution in [0.4, 0.5) is 5.69 Å². The van der Waals surface area contributed by atoms with Crippen LogP contribution in [0.1, 0.15) is 40.7 Å². The number of ketones is 1. The molecule has 0 fully saturated rings. The highest BCUT2D eigenvalue weighted by molar-refractivity contribution is 6.41. The zero-order chi connectivity index (χ0) is 25.7. The summed E-state index contributed by atoms with van der Waals surface area (Å²) in [6, 6.07) is 25.1. The predicted molar refractivity (Wildman–Crippen MR) is 137 cm³/mol. The molecule has 0 spiro atoms. The highest BCUT2D eigenvalue weighted by atomic mass is 16.5. The summed E-state index contributed by atoms with van der Waals surface area (Å²) in [4.78, 5) is 40.6. The highest BCUT2D eigenvalue weighted by Crippen LogP contribution is 2.46. The lowest BCUT2D eigenvalue weighted by molar-refractivity contribution is -0.135. The minimum atomic E-state index is -1.68. The van der Waals surface area contributed by atoms with Gasteiger partial charge in [-0.3, -0.25) is 15.0 Å². The van der Waals surface area contributed by atoms with E-state index >= 15 is 0 Å². The molecule has 0 saturated carbocycles. The Hall–Kier alpha value is -4.30. The second-order valence-electron chi connectivity index (χ2n) is 8.56. The van der Waals surface area contributed by atoms with Gasteiger partial charge in [-0.2, -0.15) is 5.10 Å². The van der Waals surface area contributed by atoms with Crippen LogP contribution in [0.15, 0.2) is 90.0 Å². The largest absolute Gasteiger partial charge is 0.461 e. The number of amides is 1. The number of para-hydroxylation sites is 1. The molecular weight excluding hydrogens is 456 g/mol. The van der Waals surface area contributed by atoms with E-state index in [0.29, 0.717) is 16.8 Å². The number of hydrogen-bond acceptors (Lipinski definition) is 7. The Balaban J connectivity index is 1.96. The number of hydrazone groups is 1. The second-order valence-corrected chi connectivity index (χ2v) is 8.56. The highest BCUT2D eigenvalue weighted by Gasteiger charge is 2.60. The van der Waals surface area contributed by atoms with Gasteiger partial charge >= 0.3 is 5.97 Å². The summed E-state index contributed by atoms with van der Waals surface area (Å²) in [6.45, 7) is 3.75. The lowest BCUT2D eigenvalue weighted by Gasteiger charge is -2.39. The number of benzene rings is 3. The molecule has 8 heteroatoms. The molecule has 3 N–H and O–H groups in total. The summed E-state index contributed by atoms with van der Waals surface area (Å²) >= 11 is 0. The van der Waals surface area contributed by atoms with Crippen molar-refractivity contribution in [2.75, 3.05) is 11.6 Å². The number of nitrogens with one attached hydrogen (secondary N) is 1. The molecule has 2 unspecified atom stereocenters. The van der Waals surface area contributed by atoms with E-state index in [1.54, 1.807) is 67.6 Å². The van der Waals surface area contributed by atoms with Crippen molar-refractivity contribution in [3.63, 3.8) is 0 Å². The molecule has 3 aromatic carbocycles. The van der Waals surface area contributed by atoms with Crippen molar-refractivity contribution in [3.05, 3.63) is 102 Å². The van der Waals surface area contributed by atoms with E-state index in [9.17, 15) is 14.4 Å². The Morgan fingerprint density at radius 2 is 1.58 bits per heavy atom. The number of nitrogens with two attached hydrogens (primary N) is 1. The molecule has 1 aliphatic heterocycles. The topological polar surface area (TPSA) is 114 Å². The molecule has 0 bridgehead atoms. The van der Waals surface area contributed by atoms with Crippen LogP contribution in [-0.4, -0.2) is 35.5 Å². The van der Waals surface area contributed by atoms with Crippen molar-refractivity contribution in [1.29, 1.82) is 0 Å². The number of esters is 1. The van der Waals surface area contributed by atoms with Crippen LogP contribution in [0.25, 0.3) is 0 Å². The number of ether oxygens (including phenoxy) is 1. The van der Waals surface area contributed by atoms with Gasteiger partial charge in [0.15, 0.2) is 17.0 Å². The van der Waals surface area contributed by atoms with Gasteiger partial charge in [-0.1, -0.05) is 78.4 Å². The van der Waals surface area contributed by atoms with Crippen LogP contribution in [-0.2, 0) is 14.3 Å². The van der Waals surface area contributed by atoms with Crippen LogP contribution in [0.2, 0.25) is 0 Å². The first-order chi connectivity index (χ1) is 17.4. The fraction of sp³-hybridized carbons (Fsp3) is 0.214. The molecule has 0 aromatic heterocycles. The number of anilines is 1. The van der Waals surface area contributed by atoms with Gasteiger partial charge in [0.1, 0.15) is 0 Å². The van der Waals surface area contributed by atoms with Crippen LogP contribution in [0, 0.1) is 6.92 Å². The van der Waals surface area contributed by atoms with Crippen molar-refractivity contribution in [3.8, 4) is 0 Å². The molecule has 4 rings (SSSR count). The molecule has 1 heterocycles. The van der Waals surface area contributed by atoms with Crippen molar-refractivity contribution >= 4 is 29.1 Å². The summed E-state index contributed by atoms with van der Waals surface area (Å²) in [5.74, 6) is 3.19. The number of hydrazine groups is 1. The zero-order valence-electron chi connectivity index (χ0n) is 20.2. The Labute approximate surface area is 209 Å². The van der Waals surface area contributed by atoms with E-state index in [2.05, 4.69) is 10.5 Å². The monoisotopic (exact) mass is 484 g/mol. The average Bonchev–Trinajstić information content (AvgIpc) is 3.25. The predicted octanol–water partition coefficient (Wildman–Crippen LogP) is 3.52. The normalized spacial score (nSPS) is 18.9. The Bertz CT molecular complexity index is 1280. The van der Waals surface area contributed by atoms with E-state index in [0.717, 1.165) is 5.56 Å². The molecule has 1 aliphatic rings. The molecule has 0 radical (unpaired) electrons. The first-order valence-electron chi connectivity index (χ1n) is 11.7. The van der Waals surface area contributed by atoms with E-state index in [4.69, 9.17) is 10.6 Å². The maximum absolute atomic E-state index is 13.8. The zero-order valence-corrected chi connectivity index (χ0v) is 20.2. The Morgan fingerprint density at radius 1 is 0.972 bits per heavy atom. The van der Waals surface area contributed by atoms with Crippen LogP contribution in [0.5, 0.6) is 0 Å². The van der Waals surface area contributed by atoms with Gasteiger partial charge in [0.2, 0.25) is 0 Å². The maximum atomic E-state index is 13.8. The van der Waals surface area contributed by atoms with Crippen molar-refractivity contribution in [2.24, 2.45) is 10.9 Å². The van der Waals surface area contributed by atoms with Gasteiger partial charge in [0, 0.05) is 12.0 Å². The smallest absolute Gasteiger partial charge is 0.355 e. The van der Waals surface area contributed by atoms with Gasteiger partial charge in [0.25, 0.3) is 5.91 Å². The van der Waals surface area contributed by atoms with Crippen molar-refractivity contribution in [1.82, 2.24) is 5.43 Å². The molecule has 184 valence electrons. The molecule has 0 saturated heterocycles.